The van der Waals surface area contributed by atoms with E-state index < -0.39 is 5.97 Å². The molecule has 0 unspecified atom stereocenters. The summed E-state index contributed by atoms with van der Waals surface area (Å²) in [7, 11) is 1.58. The highest BCUT2D eigenvalue weighted by Crippen LogP contribution is 2.32. The largest absolute Gasteiger partial charge is 0.497 e. The van der Waals surface area contributed by atoms with Crippen molar-refractivity contribution in [1.82, 2.24) is 10.2 Å². The Morgan fingerprint density at radius 3 is 2.62 bits per heavy atom. The van der Waals surface area contributed by atoms with Crippen LogP contribution in [-0.2, 0) is 14.4 Å². The summed E-state index contributed by atoms with van der Waals surface area (Å²) in [5, 5.41) is 11.0. The third-order valence-electron chi connectivity index (χ3n) is 3.51. The van der Waals surface area contributed by atoms with Crippen LogP contribution in [0.4, 0.5) is 0 Å². The van der Waals surface area contributed by atoms with E-state index in [1.807, 2.05) is 12.1 Å². The Balaban J connectivity index is 1.92. The lowest BCUT2D eigenvalue weighted by Gasteiger charge is -2.13. The minimum absolute atomic E-state index is 0.0574. The molecule has 0 aromatic heterocycles. The van der Waals surface area contributed by atoms with Crippen molar-refractivity contribution in [2.75, 3.05) is 20.2 Å². The first-order valence-electron chi connectivity index (χ1n) is 7.78. The van der Waals surface area contributed by atoms with E-state index in [2.05, 4.69) is 5.32 Å². The number of aliphatic carboxylic acids is 1. The van der Waals surface area contributed by atoms with Gasteiger partial charge in [0.2, 0.25) is 5.91 Å². The third-order valence-corrected chi connectivity index (χ3v) is 4.89. The van der Waals surface area contributed by atoms with Crippen LogP contribution >= 0.6 is 24.0 Å². The number of benzene rings is 1. The summed E-state index contributed by atoms with van der Waals surface area (Å²) in [4.78, 5) is 36.5. The van der Waals surface area contributed by atoms with Gasteiger partial charge < -0.3 is 15.2 Å². The number of ether oxygens (including phenoxy) is 1. The van der Waals surface area contributed by atoms with Gasteiger partial charge in [0.1, 0.15) is 10.1 Å². The number of hydrogen-bond donors (Lipinski definition) is 2. The molecule has 0 saturated carbocycles. The van der Waals surface area contributed by atoms with Crippen molar-refractivity contribution in [3.05, 3.63) is 34.7 Å². The first-order valence-corrected chi connectivity index (χ1v) is 9.01. The number of methoxy groups -OCH3 is 1. The third kappa shape index (κ3) is 5.57. The Morgan fingerprint density at radius 1 is 1.31 bits per heavy atom. The zero-order chi connectivity index (χ0) is 19.1. The maximum absolute atomic E-state index is 12.5. The van der Waals surface area contributed by atoms with Crippen LogP contribution in [0.15, 0.2) is 29.2 Å². The highest BCUT2D eigenvalue weighted by molar-refractivity contribution is 8.26. The Hall–Kier alpha value is -2.39. The predicted octanol–water partition coefficient (Wildman–Crippen LogP) is 1.88. The predicted molar refractivity (Wildman–Crippen MR) is 103 cm³/mol. The molecule has 1 heterocycles. The van der Waals surface area contributed by atoms with Gasteiger partial charge in [-0.05, 0) is 23.8 Å². The van der Waals surface area contributed by atoms with Crippen molar-refractivity contribution in [1.29, 1.82) is 0 Å². The highest BCUT2D eigenvalue weighted by Gasteiger charge is 2.32. The molecule has 0 spiro atoms. The highest BCUT2D eigenvalue weighted by atomic mass is 32.2. The lowest BCUT2D eigenvalue weighted by Crippen LogP contribution is -2.34. The average Bonchev–Trinajstić information content (AvgIpc) is 2.87. The maximum Gasteiger partial charge on any atom is 0.305 e. The molecule has 138 valence electrons. The Bertz CT molecular complexity index is 746. The number of thiocarbonyl (C=S) groups is 1. The Kier molecular flexibility index (Phi) is 7.16. The van der Waals surface area contributed by atoms with Crippen LogP contribution in [0, 0.1) is 0 Å². The number of hydrogen-bond acceptors (Lipinski definition) is 6. The second-order valence-electron chi connectivity index (χ2n) is 5.35. The molecule has 1 aliphatic rings. The molecule has 2 N–H and O–H groups in total. The number of amides is 2. The number of nitrogens with one attached hydrogen (secondary N) is 1. The standard InChI is InChI=1S/C17H18N2O5S2/c1-24-12-4-2-11(3-5-12)10-13-16(23)19(17(25)26-13)9-7-14(20)18-8-6-15(21)22/h2-5,10H,6-9H2,1H3,(H,18,20)(H,21,22). The number of thioether (sulfide) groups is 1. The summed E-state index contributed by atoms with van der Waals surface area (Å²) in [5.74, 6) is -0.817. The second-order valence-corrected chi connectivity index (χ2v) is 7.03. The topological polar surface area (TPSA) is 95.9 Å². The normalized spacial score (nSPS) is 15.4. The van der Waals surface area contributed by atoms with Gasteiger partial charge >= 0.3 is 5.97 Å². The minimum atomic E-state index is -0.981. The molecule has 1 aliphatic heterocycles. The minimum Gasteiger partial charge on any atom is -0.497 e. The van der Waals surface area contributed by atoms with E-state index in [9.17, 15) is 14.4 Å². The zero-order valence-corrected chi connectivity index (χ0v) is 15.7. The molecule has 9 heteroatoms. The van der Waals surface area contributed by atoms with E-state index in [0.29, 0.717) is 9.23 Å². The van der Waals surface area contributed by atoms with Gasteiger partial charge in [0.25, 0.3) is 5.91 Å². The molecule has 1 aromatic rings. The average molecular weight is 394 g/mol. The molecule has 7 nitrogen and oxygen atoms in total. The number of carbonyl (C=O) groups excluding carboxylic acids is 2. The van der Waals surface area contributed by atoms with Crippen LogP contribution in [0.1, 0.15) is 18.4 Å². The Labute approximate surface area is 160 Å². The first-order chi connectivity index (χ1) is 12.4. The molecule has 2 amide bonds. The number of nitrogens with zero attached hydrogens (tertiary/aromatic N) is 1. The maximum atomic E-state index is 12.5. The summed E-state index contributed by atoms with van der Waals surface area (Å²) >= 11 is 6.41. The van der Waals surface area contributed by atoms with Crippen LogP contribution in [0.3, 0.4) is 0 Å². The van der Waals surface area contributed by atoms with E-state index in [1.54, 1.807) is 25.3 Å². The van der Waals surface area contributed by atoms with E-state index in [0.717, 1.165) is 11.3 Å². The quantitative estimate of drug-likeness (QED) is 0.513. The van der Waals surface area contributed by atoms with Crippen molar-refractivity contribution in [2.24, 2.45) is 0 Å². The van der Waals surface area contributed by atoms with Crippen LogP contribution in [0.2, 0.25) is 0 Å². The smallest absolute Gasteiger partial charge is 0.305 e. The van der Waals surface area contributed by atoms with Gasteiger partial charge in [-0.25, -0.2) is 0 Å². The second kappa shape index (κ2) is 9.35. The van der Waals surface area contributed by atoms with Crippen LogP contribution in [-0.4, -0.2) is 52.3 Å². The first kappa shape index (κ1) is 19.9. The van der Waals surface area contributed by atoms with E-state index >= 15 is 0 Å². The molecular weight excluding hydrogens is 376 g/mol. The molecular formula is C17H18N2O5S2. The summed E-state index contributed by atoms with van der Waals surface area (Å²) in [6.45, 7) is 0.216. The number of carboxylic acid groups (broad SMARTS) is 1. The lowest BCUT2D eigenvalue weighted by atomic mass is 10.2. The van der Waals surface area contributed by atoms with Gasteiger partial charge in [-0.1, -0.05) is 36.1 Å². The molecule has 0 atom stereocenters. The molecule has 0 radical (unpaired) electrons. The van der Waals surface area contributed by atoms with Crippen molar-refractivity contribution >= 4 is 52.2 Å². The SMILES string of the molecule is COc1ccc(C=C2SC(=S)N(CCC(=O)NCCC(=O)O)C2=O)cc1. The molecule has 0 aliphatic carbocycles. The van der Waals surface area contributed by atoms with Crippen molar-refractivity contribution in [3.63, 3.8) is 0 Å². The summed E-state index contributed by atoms with van der Waals surface area (Å²) in [6, 6.07) is 7.27. The fourth-order valence-corrected chi connectivity index (χ4v) is 3.46. The lowest BCUT2D eigenvalue weighted by molar-refractivity contribution is -0.136. The van der Waals surface area contributed by atoms with E-state index in [4.69, 9.17) is 22.1 Å². The fraction of sp³-hybridized carbons (Fsp3) is 0.294. The van der Waals surface area contributed by atoms with Crippen molar-refractivity contribution < 1.29 is 24.2 Å². The Morgan fingerprint density at radius 2 is 2.00 bits per heavy atom. The summed E-state index contributed by atoms with van der Waals surface area (Å²) in [5.41, 5.74) is 0.845. The van der Waals surface area contributed by atoms with Gasteiger partial charge in [0, 0.05) is 19.5 Å². The molecule has 1 aromatic carbocycles. The van der Waals surface area contributed by atoms with Crippen molar-refractivity contribution in [3.8, 4) is 5.75 Å². The molecule has 1 fully saturated rings. The van der Waals surface area contributed by atoms with Gasteiger partial charge in [-0.15, -0.1) is 0 Å². The molecule has 2 rings (SSSR count). The van der Waals surface area contributed by atoms with Crippen LogP contribution in [0.25, 0.3) is 6.08 Å². The van der Waals surface area contributed by atoms with E-state index in [1.165, 1.54) is 16.7 Å². The van der Waals surface area contributed by atoms with Crippen molar-refractivity contribution in [2.45, 2.75) is 12.8 Å². The van der Waals surface area contributed by atoms with Crippen LogP contribution in [0.5, 0.6) is 5.75 Å². The van der Waals surface area contributed by atoms with Crippen LogP contribution < -0.4 is 10.1 Å². The summed E-state index contributed by atoms with van der Waals surface area (Å²) in [6.07, 6.45) is 1.66. The number of carboxylic acids is 1. The van der Waals surface area contributed by atoms with Gasteiger partial charge in [-0.2, -0.15) is 0 Å². The van der Waals surface area contributed by atoms with Gasteiger partial charge in [0.05, 0.1) is 18.4 Å². The number of rotatable bonds is 8. The van der Waals surface area contributed by atoms with Gasteiger partial charge in [0.15, 0.2) is 0 Å². The van der Waals surface area contributed by atoms with E-state index in [-0.39, 0.29) is 37.7 Å². The van der Waals surface area contributed by atoms with Gasteiger partial charge in [-0.3, -0.25) is 19.3 Å². The monoisotopic (exact) mass is 394 g/mol. The fourth-order valence-electron chi connectivity index (χ4n) is 2.15. The summed E-state index contributed by atoms with van der Waals surface area (Å²) < 4.78 is 5.49. The molecule has 0 bridgehead atoms. The molecule has 26 heavy (non-hydrogen) atoms. The molecule has 1 saturated heterocycles. The number of carbonyl (C=O) groups is 3. The zero-order valence-electron chi connectivity index (χ0n) is 14.1.